The molecule has 1 unspecified atom stereocenters. The van der Waals surface area contributed by atoms with Crippen molar-refractivity contribution in [2.24, 2.45) is 0 Å². The van der Waals surface area contributed by atoms with Crippen LogP contribution < -0.4 is 5.32 Å². The monoisotopic (exact) mass is 298 g/mol. The van der Waals surface area contributed by atoms with Crippen LogP contribution in [-0.4, -0.2) is 37.1 Å². The molecule has 0 heterocycles. The lowest BCUT2D eigenvalue weighted by molar-refractivity contribution is 0.275. The summed E-state index contributed by atoms with van der Waals surface area (Å²) in [6.07, 6.45) is 13.9. The third kappa shape index (κ3) is 13.3. The van der Waals surface area contributed by atoms with Crippen LogP contribution in [0.5, 0.6) is 0 Å². The summed E-state index contributed by atoms with van der Waals surface area (Å²) < 4.78 is 0. The molecular weight excluding hydrogens is 256 g/mol. The molecule has 0 rings (SSSR count). The molecule has 0 amide bonds. The average Bonchev–Trinajstić information content (AvgIpc) is 2.51. The summed E-state index contributed by atoms with van der Waals surface area (Å²) in [6.45, 7) is 13.9. The fourth-order valence-corrected chi connectivity index (χ4v) is 2.92. The van der Waals surface area contributed by atoms with E-state index in [1.807, 2.05) is 0 Å². The Labute approximate surface area is 135 Å². The predicted octanol–water partition coefficient (Wildman–Crippen LogP) is 5.23. The standard InChI is InChI=1S/C19H42N2/c1-5-9-10-11-12-13-14-15-19(20-17-6-2)16-18-21(7-3)8-4/h19-20H,5-18H2,1-4H3. The van der Waals surface area contributed by atoms with Crippen LogP contribution in [0.1, 0.15) is 91.9 Å². The zero-order valence-electron chi connectivity index (χ0n) is 15.4. The van der Waals surface area contributed by atoms with Crippen molar-refractivity contribution in [1.29, 1.82) is 0 Å². The molecule has 0 aliphatic carbocycles. The van der Waals surface area contributed by atoms with E-state index in [-0.39, 0.29) is 0 Å². The van der Waals surface area contributed by atoms with Crippen LogP contribution in [-0.2, 0) is 0 Å². The van der Waals surface area contributed by atoms with E-state index in [1.165, 1.54) is 90.4 Å². The van der Waals surface area contributed by atoms with E-state index in [1.54, 1.807) is 0 Å². The Morgan fingerprint density at radius 3 is 1.90 bits per heavy atom. The Hall–Kier alpha value is -0.0800. The van der Waals surface area contributed by atoms with Crippen LogP contribution in [0.3, 0.4) is 0 Å². The van der Waals surface area contributed by atoms with E-state index < -0.39 is 0 Å². The molecule has 0 radical (unpaired) electrons. The van der Waals surface area contributed by atoms with Gasteiger partial charge in [-0.15, -0.1) is 0 Å². The molecule has 2 nitrogen and oxygen atoms in total. The molecule has 0 saturated heterocycles. The molecule has 0 spiro atoms. The van der Waals surface area contributed by atoms with E-state index in [0.29, 0.717) is 0 Å². The SMILES string of the molecule is CCCCCCCCCC(CCN(CC)CC)NCCC. The van der Waals surface area contributed by atoms with Crippen molar-refractivity contribution in [3.05, 3.63) is 0 Å². The summed E-state index contributed by atoms with van der Waals surface area (Å²) in [6, 6.07) is 0.737. The maximum Gasteiger partial charge on any atom is 0.00792 e. The fourth-order valence-electron chi connectivity index (χ4n) is 2.92. The molecular formula is C19H42N2. The first-order valence-electron chi connectivity index (χ1n) is 9.74. The first-order chi connectivity index (χ1) is 10.3. The van der Waals surface area contributed by atoms with Gasteiger partial charge in [-0.25, -0.2) is 0 Å². The third-order valence-electron chi connectivity index (χ3n) is 4.53. The zero-order valence-corrected chi connectivity index (χ0v) is 15.4. The van der Waals surface area contributed by atoms with Crippen molar-refractivity contribution in [2.75, 3.05) is 26.2 Å². The van der Waals surface area contributed by atoms with Crippen LogP contribution in [0.4, 0.5) is 0 Å². The largest absolute Gasteiger partial charge is 0.314 e. The maximum atomic E-state index is 3.76. The molecule has 1 N–H and O–H groups in total. The molecule has 0 aliphatic rings. The third-order valence-corrected chi connectivity index (χ3v) is 4.53. The number of nitrogens with zero attached hydrogens (tertiary/aromatic N) is 1. The number of rotatable bonds is 16. The van der Waals surface area contributed by atoms with Gasteiger partial charge < -0.3 is 10.2 Å². The normalized spacial score (nSPS) is 13.0. The summed E-state index contributed by atoms with van der Waals surface area (Å²) in [4.78, 5) is 2.55. The summed E-state index contributed by atoms with van der Waals surface area (Å²) in [5.41, 5.74) is 0. The van der Waals surface area contributed by atoms with Crippen molar-refractivity contribution in [2.45, 2.75) is 97.9 Å². The quantitative estimate of drug-likeness (QED) is 0.393. The highest BCUT2D eigenvalue weighted by atomic mass is 15.1. The first kappa shape index (κ1) is 20.9. The van der Waals surface area contributed by atoms with Crippen molar-refractivity contribution in [3.8, 4) is 0 Å². The molecule has 128 valence electrons. The lowest BCUT2D eigenvalue weighted by Crippen LogP contribution is -2.34. The van der Waals surface area contributed by atoms with E-state index in [9.17, 15) is 0 Å². The summed E-state index contributed by atoms with van der Waals surface area (Å²) >= 11 is 0. The molecule has 0 aliphatic heterocycles. The van der Waals surface area contributed by atoms with Crippen LogP contribution in [0.15, 0.2) is 0 Å². The van der Waals surface area contributed by atoms with Gasteiger partial charge in [0.25, 0.3) is 0 Å². The molecule has 0 saturated carbocycles. The lowest BCUT2D eigenvalue weighted by Gasteiger charge is -2.23. The van der Waals surface area contributed by atoms with Gasteiger partial charge in [-0.1, -0.05) is 72.6 Å². The fraction of sp³-hybridized carbons (Fsp3) is 1.00. The highest BCUT2D eigenvalue weighted by molar-refractivity contribution is 4.69. The van der Waals surface area contributed by atoms with Gasteiger partial charge in [0.2, 0.25) is 0 Å². The number of unbranched alkanes of at least 4 members (excludes halogenated alkanes) is 6. The molecule has 0 aromatic rings. The molecule has 0 aromatic heterocycles. The molecule has 0 aromatic carbocycles. The number of hydrogen-bond donors (Lipinski definition) is 1. The topological polar surface area (TPSA) is 15.3 Å². The second kappa shape index (κ2) is 16.3. The minimum absolute atomic E-state index is 0.737. The predicted molar refractivity (Wildman–Crippen MR) is 97.1 cm³/mol. The van der Waals surface area contributed by atoms with Gasteiger partial charge in [-0.05, 0) is 45.4 Å². The van der Waals surface area contributed by atoms with E-state index in [0.717, 1.165) is 6.04 Å². The van der Waals surface area contributed by atoms with Crippen LogP contribution >= 0.6 is 0 Å². The second-order valence-corrected chi connectivity index (χ2v) is 6.38. The Morgan fingerprint density at radius 1 is 0.714 bits per heavy atom. The highest BCUT2D eigenvalue weighted by Gasteiger charge is 2.09. The molecule has 0 bridgehead atoms. The summed E-state index contributed by atoms with van der Waals surface area (Å²) in [7, 11) is 0. The number of hydrogen-bond acceptors (Lipinski definition) is 2. The molecule has 1 atom stereocenters. The Kier molecular flexibility index (Phi) is 16.2. The first-order valence-corrected chi connectivity index (χ1v) is 9.74. The minimum atomic E-state index is 0.737. The van der Waals surface area contributed by atoms with Gasteiger partial charge in [-0.2, -0.15) is 0 Å². The number of nitrogens with one attached hydrogen (secondary N) is 1. The van der Waals surface area contributed by atoms with Gasteiger partial charge >= 0.3 is 0 Å². The Balaban J connectivity index is 3.74. The van der Waals surface area contributed by atoms with Crippen LogP contribution in [0.2, 0.25) is 0 Å². The van der Waals surface area contributed by atoms with Crippen molar-refractivity contribution in [3.63, 3.8) is 0 Å². The molecule has 0 fully saturated rings. The smallest absolute Gasteiger partial charge is 0.00792 e. The Morgan fingerprint density at radius 2 is 1.33 bits per heavy atom. The van der Waals surface area contributed by atoms with Crippen molar-refractivity contribution < 1.29 is 0 Å². The zero-order chi connectivity index (χ0) is 15.8. The van der Waals surface area contributed by atoms with Gasteiger partial charge in [0.1, 0.15) is 0 Å². The summed E-state index contributed by atoms with van der Waals surface area (Å²) in [5.74, 6) is 0. The molecule has 2 heteroatoms. The second-order valence-electron chi connectivity index (χ2n) is 6.38. The van der Waals surface area contributed by atoms with E-state index in [2.05, 4.69) is 37.9 Å². The van der Waals surface area contributed by atoms with Gasteiger partial charge in [0, 0.05) is 6.04 Å². The van der Waals surface area contributed by atoms with Gasteiger partial charge in [-0.3, -0.25) is 0 Å². The highest BCUT2D eigenvalue weighted by Crippen LogP contribution is 2.11. The summed E-state index contributed by atoms with van der Waals surface area (Å²) in [5, 5.41) is 3.76. The average molecular weight is 299 g/mol. The van der Waals surface area contributed by atoms with Crippen LogP contribution in [0, 0.1) is 0 Å². The van der Waals surface area contributed by atoms with Crippen molar-refractivity contribution in [1.82, 2.24) is 10.2 Å². The Bertz CT molecular complexity index is 190. The van der Waals surface area contributed by atoms with E-state index >= 15 is 0 Å². The molecule has 21 heavy (non-hydrogen) atoms. The minimum Gasteiger partial charge on any atom is -0.314 e. The van der Waals surface area contributed by atoms with Gasteiger partial charge in [0.05, 0.1) is 0 Å². The maximum absolute atomic E-state index is 3.76. The van der Waals surface area contributed by atoms with Gasteiger partial charge in [0.15, 0.2) is 0 Å². The van der Waals surface area contributed by atoms with E-state index in [4.69, 9.17) is 0 Å². The van der Waals surface area contributed by atoms with Crippen molar-refractivity contribution >= 4 is 0 Å². The van der Waals surface area contributed by atoms with Crippen LogP contribution in [0.25, 0.3) is 0 Å². The lowest BCUT2D eigenvalue weighted by atomic mass is 10.0.